The predicted octanol–water partition coefficient (Wildman–Crippen LogP) is 3.05. The maximum Gasteiger partial charge on any atom is 0.338 e. The summed E-state index contributed by atoms with van der Waals surface area (Å²) in [7, 11) is 0. The number of carbonyl (C=O) groups is 1. The predicted molar refractivity (Wildman–Crippen MR) is 86.5 cm³/mol. The first kappa shape index (κ1) is 17.7. The molecule has 2 rings (SSSR count). The third-order valence-corrected chi connectivity index (χ3v) is 3.07. The first-order valence-electron chi connectivity index (χ1n) is 7.84. The van der Waals surface area contributed by atoms with Gasteiger partial charge in [-0.1, -0.05) is 18.1 Å². The van der Waals surface area contributed by atoms with Crippen LogP contribution < -0.4 is 9.47 Å². The van der Waals surface area contributed by atoms with Crippen LogP contribution in [-0.2, 0) is 11.3 Å². The Morgan fingerprint density at radius 1 is 1.33 bits per heavy atom. The summed E-state index contributed by atoms with van der Waals surface area (Å²) in [4.78, 5) is 12.9. The first-order chi connectivity index (χ1) is 11.5. The summed E-state index contributed by atoms with van der Waals surface area (Å²) in [5, 5.41) is 12.9. The summed E-state index contributed by atoms with van der Waals surface area (Å²) >= 11 is 0. The highest BCUT2D eigenvalue weighted by Crippen LogP contribution is 2.26. The summed E-state index contributed by atoms with van der Waals surface area (Å²) in [5.41, 5.74) is 0.977. The van der Waals surface area contributed by atoms with E-state index in [1.54, 1.807) is 18.2 Å². The maximum absolute atomic E-state index is 12.3. The summed E-state index contributed by atoms with van der Waals surface area (Å²) in [6, 6.07) is 6.71. The van der Waals surface area contributed by atoms with Crippen LogP contribution in [0.3, 0.4) is 0 Å². The number of carbonyl (C=O) groups excluding carboxylic acids is 1. The molecule has 1 aromatic carbocycles. The van der Waals surface area contributed by atoms with Crippen LogP contribution >= 0.6 is 0 Å². The van der Waals surface area contributed by atoms with Gasteiger partial charge < -0.3 is 19.4 Å². The van der Waals surface area contributed by atoms with Crippen molar-refractivity contribution in [2.24, 2.45) is 0 Å². The van der Waals surface area contributed by atoms with E-state index in [9.17, 15) is 10.0 Å². The van der Waals surface area contributed by atoms with Crippen molar-refractivity contribution in [3.8, 4) is 11.6 Å². The molecule has 24 heavy (non-hydrogen) atoms. The van der Waals surface area contributed by atoms with Crippen molar-refractivity contribution in [3.63, 3.8) is 0 Å². The van der Waals surface area contributed by atoms with E-state index in [0.29, 0.717) is 28.3 Å². The zero-order valence-corrected chi connectivity index (χ0v) is 14.1. The van der Waals surface area contributed by atoms with Gasteiger partial charge in [-0.2, -0.15) is 0 Å². The van der Waals surface area contributed by atoms with Crippen molar-refractivity contribution < 1.29 is 24.2 Å². The molecule has 7 nitrogen and oxygen atoms in total. The van der Waals surface area contributed by atoms with Crippen molar-refractivity contribution in [1.29, 1.82) is 0 Å². The van der Waals surface area contributed by atoms with Crippen LogP contribution in [0.4, 0.5) is 0 Å². The van der Waals surface area contributed by atoms with Gasteiger partial charge in [0.05, 0.1) is 24.5 Å². The van der Waals surface area contributed by atoms with E-state index in [2.05, 4.69) is 5.10 Å². The summed E-state index contributed by atoms with van der Waals surface area (Å²) in [5.74, 6) is 0.376. The molecule has 0 saturated heterocycles. The normalized spacial score (nSPS) is 10.7. The molecule has 0 atom stereocenters. The molecule has 7 heteroatoms. The van der Waals surface area contributed by atoms with E-state index in [-0.39, 0.29) is 18.6 Å². The largest absolute Gasteiger partial charge is 0.491 e. The number of hydrogen-bond donors (Lipinski definition) is 1. The highest BCUT2D eigenvalue weighted by atomic mass is 16.5. The number of benzene rings is 1. The second-order valence-corrected chi connectivity index (χ2v) is 5.45. The molecule has 0 saturated carbocycles. The van der Waals surface area contributed by atoms with Crippen LogP contribution in [0.2, 0.25) is 0 Å². The van der Waals surface area contributed by atoms with E-state index >= 15 is 0 Å². The van der Waals surface area contributed by atoms with Crippen molar-refractivity contribution in [1.82, 2.24) is 9.94 Å². The summed E-state index contributed by atoms with van der Waals surface area (Å²) < 4.78 is 16.5. The zero-order chi connectivity index (χ0) is 17.5. The quantitative estimate of drug-likeness (QED) is 0.590. The zero-order valence-electron chi connectivity index (χ0n) is 14.1. The fraction of sp³-hybridized carbons (Fsp3) is 0.412. The minimum atomic E-state index is -0.419. The van der Waals surface area contributed by atoms with Gasteiger partial charge in [-0.25, -0.2) is 4.79 Å². The lowest BCUT2D eigenvalue weighted by atomic mass is 10.1. The SMILES string of the molecule is CCCOC(=O)c1cccc(OC(C)C)c1COc1ccn(O)n1. The number of nitrogens with zero attached hydrogens (tertiary/aromatic N) is 2. The van der Waals surface area contributed by atoms with Crippen LogP contribution in [-0.4, -0.2) is 33.8 Å². The smallest absolute Gasteiger partial charge is 0.338 e. The van der Waals surface area contributed by atoms with Gasteiger partial charge in [-0.3, -0.25) is 0 Å². The maximum atomic E-state index is 12.3. The molecule has 130 valence electrons. The Morgan fingerprint density at radius 3 is 2.75 bits per heavy atom. The molecule has 1 N–H and O–H groups in total. The molecule has 0 aliphatic rings. The van der Waals surface area contributed by atoms with Crippen LogP contribution in [0, 0.1) is 0 Å². The Hall–Kier alpha value is -2.70. The van der Waals surface area contributed by atoms with Gasteiger partial charge >= 0.3 is 5.97 Å². The van der Waals surface area contributed by atoms with E-state index < -0.39 is 5.97 Å². The highest BCUT2D eigenvalue weighted by Gasteiger charge is 2.19. The van der Waals surface area contributed by atoms with Gasteiger partial charge in [0.1, 0.15) is 12.4 Å². The van der Waals surface area contributed by atoms with E-state index in [1.807, 2.05) is 20.8 Å². The fourth-order valence-electron chi connectivity index (χ4n) is 2.06. The van der Waals surface area contributed by atoms with Crippen LogP contribution in [0.5, 0.6) is 11.6 Å². The minimum Gasteiger partial charge on any atom is -0.491 e. The van der Waals surface area contributed by atoms with Gasteiger partial charge in [0, 0.05) is 11.6 Å². The molecule has 0 unspecified atom stereocenters. The van der Waals surface area contributed by atoms with Crippen molar-refractivity contribution in [2.75, 3.05) is 6.61 Å². The van der Waals surface area contributed by atoms with Crippen molar-refractivity contribution in [3.05, 3.63) is 41.6 Å². The Kier molecular flexibility index (Phi) is 6.06. The number of hydrogen-bond acceptors (Lipinski definition) is 6. The number of esters is 1. The molecule has 0 bridgehead atoms. The first-order valence-corrected chi connectivity index (χ1v) is 7.84. The van der Waals surface area contributed by atoms with Gasteiger partial charge in [0.25, 0.3) is 0 Å². The molecule has 0 aliphatic heterocycles. The molecule has 0 aliphatic carbocycles. The van der Waals surface area contributed by atoms with Gasteiger partial charge in [-0.05, 0) is 32.4 Å². The molecule has 2 aromatic rings. The number of aromatic nitrogens is 2. The summed E-state index contributed by atoms with van der Waals surface area (Å²) in [6.45, 7) is 6.15. The standard InChI is InChI=1S/C17H22N2O5/c1-4-10-22-17(20)13-6-5-7-15(24-12(2)3)14(13)11-23-16-8-9-19(21)18-16/h5-9,12,21H,4,10-11H2,1-3H3. The Morgan fingerprint density at radius 2 is 2.12 bits per heavy atom. The van der Waals surface area contributed by atoms with Crippen molar-refractivity contribution in [2.45, 2.75) is 39.9 Å². The van der Waals surface area contributed by atoms with E-state index in [4.69, 9.17) is 14.2 Å². The van der Waals surface area contributed by atoms with Crippen LogP contribution in [0.25, 0.3) is 0 Å². The second kappa shape index (κ2) is 8.24. The van der Waals surface area contributed by atoms with Gasteiger partial charge in [0.2, 0.25) is 5.88 Å². The third-order valence-electron chi connectivity index (χ3n) is 3.07. The molecule has 0 radical (unpaired) electrons. The van der Waals surface area contributed by atoms with Gasteiger partial charge in [-0.15, -0.1) is 4.85 Å². The molecule has 0 fully saturated rings. The Balaban J connectivity index is 2.26. The average molecular weight is 334 g/mol. The number of ether oxygens (including phenoxy) is 3. The molecule has 1 aromatic heterocycles. The monoisotopic (exact) mass is 334 g/mol. The number of rotatable bonds is 8. The molecular formula is C17H22N2O5. The fourth-order valence-corrected chi connectivity index (χ4v) is 2.06. The average Bonchev–Trinajstić information content (AvgIpc) is 2.96. The van der Waals surface area contributed by atoms with Gasteiger partial charge in [0.15, 0.2) is 0 Å². The van der Waals surface area contributed by atoms with E-state index in [0.717, 1.165) is 6.42 Å². The third kappa shape index (κ3) is 4.65. The summed E-state index contributed by atoms with van der Waals surface area (Å²) in [6.07, 6.45) is 2.04. The lowest BCUT2D eigenvalue weighted by molar-refractivity contribution is 0.0500. The van der Waals surface area contributed by atoms with Crippen LogP contribution in [0.15, 0.2) is 30.5 Å². The lowest BCUT2D eigenvalue weighted by Crippen LogP contribution is -2.14. The Bertz CT molecular complexity index is 681. The van der Waals surface area contributed by atoms with Crippen LogP contribution in [0.1, 0.15) is 43.1 Å². The molecule has 1 heterocycles. The topological polar surface area (TPSA) is 82.8 Å². The Labute approximate surface area is 140 Å². The minimum absolute atomic E-state index is 0.0534. The van der Waals surface area contributed by atoms with Crippen molar-refractivity contribution >= 4 is 5.97 Å². The highest BCUT2D eigenvalue weighted by molar-refractivity contribution is 5.91. The molecule has 0 spiro atoms. The van der Waals surface area contributed by atoms with E-state index in [1.165, 1.54) is 12.3 Å². The second-order valence-electron chi connectivity index (χ2n) is 5.45. The molecule has 0 amide bonds. The molecular weight excluding hydrogens is 312 g/mol. The lowest BCUT2D eigenvalue weighted by Gasteiger charge is -2.17.